The summed E-state index contributed by atoms with van der Waals surface area (Å²) < 4.78 is 0. The number of thiophene rings is 1. The molecule has 1 N–H and O–H groups in total. The minimum absolute atomic E-state index is 0.0255. The van der Waals surface area contributed by atoms with E-state index < -0.39 is 0 Å². The number of fused-ring (bicyclic) bond motifs is 1. The minimum atomic E-state index is -0.0255. The van der Waals surface area contributed by atoms with Crippen LogP contribution < -0.4 is 10.2 Å². The average molecular weight is 299 g/mol. The van der Waals surface area contributed by atoms with Gasteiger partial charge in [-0.1, -0.05) is 0 Å². The van der Waals surface area contributed by atoms with Crippen molar-refractivity contribution in [3.05, 3.63) is 16.7 Å². The molecule has 0 aliphatic heterocycles. The van der Waals surface area contributed by atoms with E-state index in [1.165, 1.54) is 11.3 Å². The molecule has 102 valence electrons. The monoisotopic (exact) mass is 298 g/mol. The molecular weight excluding hydrogens is 284 g/mol. The highest BCUT2D eigenvalue weighted by Crippen LogP contribution is 2.28. The van der Waals surface area contributed by atoms with E-state index in [1.54, 1.807) is 0 Å². The first kappa shape index (κ1) is 14.0. The third-order valence-electron chi connectivity index (χ3n) is 2.67. The predicted molar refractivity (Wildman–Crippen MR) is 79.0 cm³/mol. The maximum Gasteiger partial charge on any atom is 0.239 e. The van der Waals surface area contributed by atoms with Gasteiger partial charge in [0.2, 0.25) is 11.2 Å². The smallest absolute Gasteiger partial charge is 0.239 e. The van der Waals surface area contributed by atoms with Gasteiger partial charge in [-0.15, -0.1) is 11.3 Å². The Hall–Kier alpha value is -1.40. The first-order valence-corrected chi connectivity index (χ1v) is 7.33. The van der Waals surface area contributed by atoms with Crippen LogP contribution in [-0.2, 0) is 4.79 Å². The van der Waals surface area contributed by atoms with Crippen LogP contribution in [-0.4, -0.2) is 35.5 Å². The largest absolute Gasteiger partial charge is 0.355 e. The molecule has 2 heterocycles. The third kappa shape index (κ3) is 3.13. The zero-order chi connectivity index (χ0) is 13.8. The van der Waals surface area contributed by atoms with Crippen LogP contribution in [0.15, 0.2) is 11.4 Å². The number of nitrogens with zero attached hydrogens (tertiary/aromatic N) is 3. The van der Waals surface area contributed by atoms with Gasteiger partial charge in [0.1, 0.15) is 10.6 Å². The predicted octanol–water partition coefficient (Wildman–Crippen LogP) is 2.31. The second-order valence-corrected chi connectivity index (χ2v) is 5.16. The fourth-order valence-electron chi connectivity index (χ4n) is 1.82. The molecular formula is C12H15ClN4OS. The van der Waals surface area contributed by atoms with E-state index in [2.05, 4.69) is 15.3 Å². The number of anilines is 1. The Labute approximate surface area is 120 Å². The molecule has 2 aromatic heterocycles. The van der Waals surface area contributed by atoms with E-state index in [0.717, 1.165) is 10.2 Å². The summed E-state index contributed by atoms with van der Waals surface area (Å²) in [6.45, 7) is 5.44. The Morgan fingerprint density at radius 3 is 2.95 bits per heavy atom. The lowest BCUT2D eigenvalue weighted by Gasteiger charge is -2.21. The van der Waals surface area contributed by atoms with Crippen LogP contribution in [0.1, 0.15) is 13.8 Å². The first-order valence-electron chi connectivity index (χ1n) is 6.08. The van der Waals surface area contributed by atoms with Gasteiger partial charge < -0.3 is 10.2 Å². The van der Waals surface area contributed by atoms with Crippen LogP contribution in [0.2, 0.25) is 5.28 Å². The maximum absolute atomic E-state index is 11.7. The van der Waals surface area contributed by atoms with Gasteiger partial charge in [0.25, 0.3) is 0 Å². The van der Waals surface area contributed by atoms with E-state index in [-0.39, 0.29) is 17.7 Å². The van der Waals surface area contributed by atoms with Crippen molar-refractivity contribution in [3.8, 4) is 0 Å². The molecule has 0 saturated heterocycles. The van der Waals surface area contributed by atoms with Crippen LogP contribution in [0.5, 0.6) is 0 Å². The lowest BCUT2D eigenvalue weighted by molar-refractivity contribution is -0.119. The quantitative estimate of drug-likeness (QED) is 0.861. The zero-order valence-electron chi connectivity index (χ0n) is 10.8. The summed E-state index contributed by atoms with van der Waals surface area (Å²) in [7, 11) is 0. The topological polar surface area (TPSA) is 58.1 Å². The number of likely N-dealkylation sites (N-methyl/N-ethyl adjacent to an activating group) is 2. The molecule has 0 aromatic carbocycles. The van der Waals surface area contributed by atoms with Crippen molar-refractivity contribution >= 4 is 44.9 Å². The highest BCUT2D eigenvalue weighted by Gasteiger charge is 2.16. The molecule has 19 heavy (non-hydrogen) atoms. The molecule has 0 atom stereocenters. The molecule has 0 spiro atoms. The normalized spacial score (nSPS) is 10.7. The maximum atomic E-state index is 11.7. The van der Waals surface area contributed by atoms with Crippen LogP contribution in [0, 0.1) is 0 Å². The van der Waals surface area contributed by atoms with Gasteiger partial charge in [0, 0.05) is 13.1 Å². The van der Waals surface area contributed by atoms with Crippen molar-refractivity contribution in [1.29, 1.82) is 0 Å². The average Bonchev–Trinajstić information content (AvgIpc) is 2.83. The SMILES string of the molecule is CCNC(=O)CN(CC)c1nc(Cl)nc2sccc12. The minimum Gasteiger partial charge on any atom is -0.355 e. The third-order valence-corrected chi connectivity index (χ3v) is 3.64. The van der Waals surface area contributed by atoms with E-state index >= 15 is 0 Å². The molecule has 0 aliphatic rings. The van der Waals surface area contributed by atoms with Crippen LogP contribution in [0.4, 0.5) is 5.82 Å². The number of nitrogens with one attached hydrogen (secondary N) is 1. The van der Waals surface area contributed by atoms with Crippen molar-refractivity contribution in [2.75, 3.05) is 24.5 Å². The summed E-state index contributed by atoms with van der Waals surface area (Å²) >= 11 is 7.45. The number of rotatable bonds is 5. The number of amides is 1. The van der Waals surface area contributed by atoms with Gasteiger partial charge in [0.05, 0.1) is 11.9 Å². The van der Waals surface area contributed by atoms with E-state index in [0.29, 0.717) is 18.9 Å². The lowest BCUT2D eigenvalue weighted by atomic mass is 10.3. The summed E-state index contributed by atoms with van der Waals surface area (Å²) in [5.41, 5.74) is 0. The Kier molecular flexibility index (Phi) is 4.55. The molecule has 5 nitrogen and oxygen atoms in total. The summed E-state index contributed by atoms with van der Waals surface area (Å²) in [4.78, 5) is 22.9. The molecule has 0 aliphatic carbocycles. The number of carbonyl (C=O) groups is 1. The second kappa shape index (κ2) is 6.16. The summed E-state index contributed by atoms with van der Waals surface area (Å²) in [5.74, 6) is 0.687. The Morgan fingerprint density at radius 1 is 1.47 bits per heavy atom. The van der Waals surface area contributed by atoms with Gasteiger partial charge in [-0.05, 0) is 36.9 Å². The Bertz CT molecular complexity index is 586. The van der Waals surface area contributed by atoms with E-state index in [4.69, 9.17) is 11.6 Å². The van der Waals surface area contributed by atoms with Crippen molar-refractivity contribution < 1.29 is 4.79 Å². The van der Waals surface area contributed by atoms with Crippen LogP contribution in [0.25, 0.3) is 10.2 Å². The van der Waals surface area contributed by atoms with Crippen molar-refractivity contribution in [1.82, 2.24) is 15.3 Å². The van der Waals surface area contributed by atoms with Gasteiger partial charge >= 0.3 is 0 Å². The Balaban J connectivity index is 2.34. The fraction of sp³-hybridized carbons (Fsp3) is 0.417. The van der Waals surface area contributed by atoms with Crippen molar-refractivity contribution in [3.63, 3.8) is 0 Å². The summed E-state index contributed by atoms with van der Waals surface area (Å²) in [6, 6.07) is 1.95. The summed E-state index contributed by atoms with van der Waals surface area (Å²) in [6.07, 6.45) is 0. The van der Waals surface area contributed by atoms with Gasteiger partial charge in [0.15, 0.2) is 0 Å². The molecule has 7 heteroatoms. The molecule has 0 unspecified atom stereocenters. The van der Waals surface area contributed by atoms with Gasteiger partial charge in [-0.2, -0.15) is 4.98 Å². The van der Waals surface area contributed by atoms with Gasteiger partial charge in [-0.25, -0.2) is 4.98 Å². The number of aromatic nitrogens is 2. The molecule has 2 aromatic rings. The molecule has 0 saturated carbocycles. The standard InChI is InChI=1S/C12H15ClN4OS/c1-3-14-9(18)7-17(4-2)10-8-5-6-19-11(8)16-12(13)15-10/h5-6H,3-4,7H2,1-2H3,(H,14,18). The van der Waals surface area contributed by atoms with Gasteiger partial charge in [-0.3, -0.25) is 4.79 Å². The first-order chi connectivity index (χ1) is 9.15. The molecule has 2 rings (SSSR count). The molecule has 0 fully saturated rings. The Morgan fingerprint density at radius 2 is 2.26 bits per heavy atom. The number of carbonyl (C=O) groups excluding carboxylic acids is 1. The van der Waals surface area contributed by atoms with E-state index in [9.17, 15) is 4.79 Å². The lowest BCUT2D eigenvalue weighted by Crippen LogP contribution is -2.37. The van der Waals surface area contributed by atoms with Crippen LogP contribution >= 0.6 is 22.9 Å². The number of hydrogen-bond acceptors (Lipinski definition) is 5. The highest BCUT2D eigenvalue weighted by atomic mass is 35.5. The zero-order valence-corrected chi connectivity index (χ0v) is 12.4. The van der Waals surface area contributed by atoms with E-state index in [1.807, 2.05) is 30.2 Å². The second-order valence-electron chi connectivity index (χ2n) is 3.92. The van der Waals surface area contributed by atoms with Crippen LogP contribution in [0.3, 0.4) is 0 Å². The number of halogens is 1. The van der Waals surface area contributed by atoms with Crippen molar-refractivity contribution in [2.45, 2.75) is 13.8 Å². The van der Waals surface area contributed by atoms with Crippen molar-refractivity contribution in [2.24, 2.45) is 0 Å². The number of hydrogen-bond donors (Lipinski definition) is 1. The molecule has 0 bridgehead atoms. The summed E-state index contributed by atoms with van der Waals surface area (Å²) in [5, 5.41) is 5.86. The highest BCUT2D eigenvalue weighted by molar-refractivity contribution is 7.16. The molecule has 1 amide bonds. The fourth-order valence-corrected chi connectivity index (χ4v) is 2.79. The molecule has 0 radical (unpaired) electrons.